The first-order valence-corrected chi connectivity index (χ1v) is 5.49. The number of aliphatic hydroxyl groups is 1. The van der Waals surface area contributed by atoms with Crippen LogP contribution in [0.1, 0.15) is 5.56 Å². The Labute approximate surface area is 90.7 Å². The van der Waals surface area contributed by atoms with Crippen molar-refractivity contribution in [3.05, 3.63) is 35.9 Å². The van der Waals surface area contributed by atoms with E-state index in [1.807, 2.05) is 6.07 Å². The third-order valence-electron chi connectivity index (χ3n) is 2.81. The van der Waals surface area contributed by atoms with E-state index in [9.17, 15) is 0 Å². The first kappa shape index (κ1) is 10.6. The summed E-state index contributed by atoms with van der Waals surface area (Å²) in [6, 6.07) is 10.7. The molecule has 0 aromatic heterocycles. The van der Waals surface area contributed by atoms with Gasteiger partial charge >= 0.3 is 0 Å². The van der Waals surface area contributed by atoms with Gasteiger partial charge in [0.05, 0.1) is 6.61 Å². The quantitative estimate of drug-likeness (QED) is 0.754. The lowest BCUT2D eigenvalue weighted by Gasteiger charge is -2.32. The first-order valence-electron chi connectivity index (χ1n) is 5.49. The van der Waals surface area contributed by atoms with E-state index in [2.05, 4.69) is 34.5 Å². The van der Waals surface area contributed by atoms with Gasteiger partial charge in [-0.3, -0.25) is 4.90 Å². The van der Waals surface area contributed by atoms with Gasteiger partial charge in [0.15, 0.2) is 0 Å². The van der Waals surface area contributed by atoms with Crippen LogP contribution >= 0.6 is 0 Å². The number of rotatable bonds is 3. The van der Waals surface area contributed by atoms with E-state index in [0.29, 0.717) is 0 Å². The van der Waals surface area contributed by atoms with Crippen molar-refractivity contribution in [3.63, 3.8) is 0 Å². The number of nitrogens with zero attached hydrogens (tertiary/aromatic N) is 1. The first-order chi connectivity index (χ1) is 7.38. The topological polar surface area (TPSA) is 35.5 Å². The number of hydrogen-bond donors (Lipinski definition) is 2. The number of aliphatic hydroxyl groups excluding tert-OH is 1. The molecule has 0 saturated carbocycles. The van der Waals surface area contributed by atoms with Crippen molar-refractivity contribution in [3.8, 4) is 0 Å². The minimum atomic E-state index is 0.227. The fourth-order valence-electron chi connectivity index (χ4n) is 2.00. The van der Waals surface area contributed by atoms with Gasteiger partial charge in [0.1, 0.15) is 0 Å². The van der Waals surface area contributed by atoms with E-state index < -0.39 is 0 Å². The molecule has 82 valence electrons. The lowest BCUT2D eigenvalue weighted by Crippen LogP contribution is -2.51. The van der Waals surface area contributed by atoms with Crippen LogP contribution < -0.4 is 5.32 Å². The Hall–Kier alpha value is -0.900. The Morgan fingerprint density at radius 2 is 2.13 bits per heavy atom. The largest absolute Gasteiger partial charge is 0.395 e. The van der Waals surface area contributed by atoms with Crippen LogP contribution in [0.3, 0.4) is 0 Å². The van der Waals surface area contributed by atoms with Crippen molar-refractivity contribution in [2.24, 2.45) is 0 Å². The maximum absolute atomic E-state index is 9.09. The van der Waals surface area contributed by atoms with Gasteiger partial charge in [0.2, 0.25) is 0 Å². The number of benzene rings is 1. The summed E-state index contributed by atoms with van der Waals surface area (Å²) >= 11 is 0. The van der Waals surface area contributed by atoms with Gasteiger partial charge in [0.25, 0.3) is 0 Å². The number of piperazine rings is 1. The molecule has 0 radical (unpaired) electrons. The highest BCUT2D eigenvalue weighted by molar-refractivity contribution is 5.14. The lowest BCUT2D eigenvalue weighted by atomic mass is 10.1. The fourth-order valence-corrected chi connectivity index (χ4v) is 2.00. The summed E-state index contributed by atoms with van der Waals surface area (Å²) in [5.74, 6) is 0. The van der Waals surface area contributed by atoms with Gasteiger partial charge in [-0.2, -0.15) is 0 Å². The molecule has 3 heteroatoms. The molecular formula is C12H18N2O. The minimum absolute atomic E-state index is 0.227. The highest BCUT2D eigenvalue weighted by atomic mass is 16.3. The summed E-state index contributed by atoms with van der Waals surface area (Å²) in [7, 11) is 0. The summed E-state index contributed by atoms with van der Waals surface area (Å²) in [4.78, 5) is 2.38. The zero-order valence-electron chi connectivity index (χ0n) is 8.89. The van der Waals surface area contributed by atoms with E-state index in [4.69, 9.17) is 5.11 Å². The van der Waals surface area contributed by atoms with Crippen LogP contribution in [0.25, 0.3) is 0 Å². The summed E-state index contributed by atoms with van der Waals surface area (Å²) in [5, 5.41) is 12.4. The summed E-state index contributed by atoms with van der Waals surface area (Å²) in [6.07, 6.45) is 0. The molecule has 1 fully saturated rings. The fraction of sp³-hybridized carbons (Fsp3) is 0.500. The van der Waals surface area contributed by atoms with Crippen molar-refractivity contribution in [2.75, 3.05) is 26.2 Å². The zero-order chi connectivity index (χ0) is 10.5. The van der Waals surface area contributed by atoms with Crippen LogP contribution in [0, 0.1) is 0 Å². The Morgan fingerprint density at radius 1 is 1.33 bits per heavy atom. The molecule has 0 spiro atoms. The predicted octanol–water partition coefficient (Wildman–Crippen LogP) is 0.453. The Bertz CT molecular complexity index is 289. The molecule has 2 N–H and O–H groups in total. The minimum Gasteiger partial charge on any atom is -0.395 e. The molecule has 1 aliphatic heterocycles. The molecule has 0 bridgehead atoms. The third-order valence-corrected chi connectivity index (χ3v) is 2.81. The van der Waals surface area contributed by atoms with E-state index in [1.165, 1.54) is 5.56 Å². The van der Waals surface area contributed by atoms with Gasteiger partial charge < -0.3 is 10.4 Å². The van der Waals surface area contributed by atoms with Crippen molar-refractivity contribution in [2.45, 2.75) is 12.6 Å². The van der Waals surface area contributed by atoms with Crippen molar-refractivity contribution < 1.29 is 5.11 Å². The Morgan fingerprint density at radius 3 is 2.87 bits per heavy atom. The molecule has 1 saturated heterocycles. The molecule has 0 aliphatic carbocycles. The van der Waals surface area contributed by atoms with E-state index in [-0.39, 0.29) is 12.6 Å². The van der Waals surface area contributed by atoms with Crippen LogP contribution in [0.5, 0.6) is 0 Å². The van der Waals surface area contributed by atoms with Crippen LogP contribution in [-0.4, -0.2) is 42.3 Å². The maximum atomic E-state index is 9.09. The van der Waals surface area contributed by atoms with Gasteiger partial charge in [-0.05, 0) is 5.56 Å². The normalized spacial score (nSPS) is 22.9. The lowest BCUT2D eigenvalue weighted by molar-refractivity contribution is 0.143. The number of hydrogen-bond acceptors (Lipinski definition) is 3. The summed E-state index contributed by atoms with van der Waals surface area (Å²) in [5.41, 5.74) is 1.34. The molecule has 1 heterocycles. The smallest absolute Gasteiger partial charge is 0.0597 e. The third kappa shape index (κ3) is 3.02. The summed E-state index contributed by atoms with van der Waals surface area (Å²) < 4.78 is 0. The Balaban J connectivity index is 1.89. The second-order valence-electron chi connectivity index (χ2n) is 4.05. The molecule has 2 rings (SSSR count). The van der Waals surface area contributed by atoms with Crippen LogP contribution in [0.4, 0.5) is 0 Å². The van der Waals surface area contributed by atoms with E-state index in [0.717, 1.165) is 26.2 Å². The second-order valence-corrected chi connectivity index (χ2v) is 4.05. The average molecular weight is 206 g/mol. The second kappa shape index (κ2) is 5.26. The van der Waals surface area contributed by atoms with Gasteiger partial charge in [0, 0.05) is 32.2 Å². The van der Waals surface area contributed by atoms with Gasteiger partial charge in [-0.1, -0.05) is 30.3 Å². The van der Waals surface area contributed by atoms with Crippen LogP contribution in [0.15, 0.2) is 30.3 Å². The molecular weight excluding hydrogens is 188 g/mol. The zero-order valence-corrected chi connectivity index (χ0v) is 8.89. The average Bonchev–Trinajstić information content (AvgIpc) is 2.31. The van der Waals surface area contributed by atoms with Gasteiger partial charge in [-0.25, -0.2) is 0 Å². The van der Waals surface area contributed by atoms with Crippen molar-refractivity contribution in [1.29, 1.82) is 0 Å². The van der Waals surface area contributed by atoms with Crippen molar-refractivity contribution >= 4 is 0 Å². The molecule has 15 heavy (non-hydrogen) atoms. The molecule has 3 nitrogen and oxygen atoms in total. The summed E-state index contributed by atoms with van der Waals surface area (Å²) in [6.45, 7) is 4.18. The number of nitrogens with one attached hydrogen (secondary N) is 1. The maximum Gasteiger partial charge on any atom is 0.0597 e. The molecule has 1 atom stereocenters. The molecule has 1 aromatic carbocycles. The molecule has 0 amide bonds. The van der Waals surface area contributed by atoms with Crippen LogP contribution in [-0.2, 0) is 6.54 Å². The molecule has 1 aliphatic rings. The molecule has 1 unspecified atom stereocenters. The standard InChI is InChI=1S/C12H18N2O/c15-10-12-9-14(7-6-13-12)8-11-4-2-1-3-5-11/h1-5,12-13,15H,6-10H2. The highest BCUT2D eigenvalue weighted by Gasteiger charge is 2.17. The SMILES string of the molecule is OCC1CN(Cc2ccccc2)CCN1. The van der Waals surface area contributed by atoms with Crippen LogP contribution in [0.2, 0.25) is 0 Å². The monoisotopic (exact) mass is 206 g/mol. The van der Waals surface area contributed by atoms with E-state index in [1.54, 1.807) is 0 Å². The Kier molecular flexibility index (Phi) is 3.72. The van der Waals surface area contributed by atoms with Gasteiger partial charge in [-0.15, -0.1) is 0 Å². The van der Waals surface area contributed by atoms with Crippen molar-refractivity contribution in [1.82, 2.24) is 10.2 Å². The highest BCUT2D eigenvalue weighted by Crippen LogP contribution is 2.06. The predicted molar refractivity (Wildman–Crippen MR) is 60.6 cm³/mol. The van der Waals surface area contributed by atoms with E-state index >= 15 is 0 Å². The molecule has 1 aromatic rings.